The first kappa shape index (κ1) is 20.6. The van der Waals surface area contributed by atoms with Crippen LogP contribution in [0, 0.1) is 17.0 Å². The van der Waals surface area contributed by atoms with Crippen LogP contribution in [0.4, 0.5) is 5.69 Å². The number of amides is 1. The number of carbonyl (C=O) groups is 2. The maximum Gasteiger partial charge on any atom is 0.341 e. The predicted octanol–water partition coefficient (Wildman–Crippen LogP) is 4.21. The molecular weight excluding hydrogens is 416 g/mol. The third-order valence-corrected chi connectivity index (χ3v) is 6.41. The molecule has 1 aliphatic rings. The van der Waals surface area contributed by atoms with E-state index in [1.165, 1.54) is 37.1 Å². The third kappa shape index (κ3) is 3.44. The van der Waals surface area contributed by atoms with Crippen molar-refractivity contribution in [1.29, 1.82) is 0 Å². The summed E-state index contributed by atoms with van der Waals surface area (Å²) in [5.41, 5.74) is 0.0925. The number of carbonyl (C=O) groups excluding carboxylic acids is 2. The number of hydrogen-bond acceptors (Lipinski definition) is 6. The van der Waals surface area contributed by atoms with Crippen LogP contribution in [0.2, 0.25) is 0 Å². The summed E-state index contributed by atoms with van der Waals surface area (Å²) in [5, 5.41) is 14.1. The largest absolute Gasteiger partial charge is 0.467 e. The average molecular weight is 434 g/mol. The van der Waals surface area contributed by atoms with Gasteiger partial charge in [-0.1, -0.05) is 42.1 Å². The van der Waals surface area contributed by atoms with Gasteiger partial charge in [0.15, 0.2) is 5.54 Å². The molecule has 0 fully saturated rings. The Morgan fingerprint density at radius 2 is 1.87 bits per heavy atom. The quantitative estimate of drug-likeness (QED) is 0.367. The number of esters is 1. The molecule has 0 saturated heterocycles. The summed E-state index contributed by atoms with van der Waals surface area (Å²) in [7, 11) is 1.22. The molecule has 0 radical (unpaired) electrons. The zero-order valence-electron chi connectivity index (χ0n) is 16.7. The number of nitrogens with one attached hydrogen (secondary N) is 1. The van der Waals surface area contributed by atoms with Gasteiger partial charge in [-0.05, 0) is 42.3 Å². The van der Waals surface area contributed by atoms with Gasteiger partial charge in [0.25, 0.3) is 11.6 Å². The molecule has 0 aliphatic carbocycles. The summed E-state index contributed by atoms with van der Waals surface area (Å²) in [6.45, 7) is 2.01. The molecular formula is C23H18N2O5S. The van der Waals surface area contributed by atoms with Crippen LogP contribution in [-0.4, -0.2) is 23.9 Å². The van der Waals surface area contributed by atoms with Gasteiger partial charge in [0, 0.05) is 33.1 Å². The van der Waals surface area contributed by atoms with Crippen molar-refractivity contribution >= 4 is 29.3 Å². The van der Waals surface area contributed by atoms with Gasteiger partial charge in [-0.2, -0.15) is 0 Å². The first-order valence-corrected chi connectivity index (χ1v) is 10.2. The number of nitro groups is 1. The number of rotatable bonds is 5. The van der Waals surface area contributed by atoms with Gasteiger partial charge in [0.05, 0.1) is 12.0 Å². The number of nitrogens with zero attached hydrogens (tertiary/aromatic N) is 1. The minimum Gasteiger partial charge on any atom is -0.467 e. The Balaban J connectivity index is 1.87. The second kappa shape index (κ2) is 7.88. The SMILES string of the molecule is COC(=O)C1(c2cccc(Sc3ccccc3C)c2)NC(=O)c2ccc([N+](=O)[O-])cc21. The fourth-order valence-electron chi connectivity index (χ4n) is 3.71. The molecule has 3 aromatic rings. The van der Waals surface area contributed by atoms with Crippen molar-refractivity contribution in [3.05, 3.63) is 99.1 Å². The van der Waals surface area contributed by atoms with Gasteiger partial charge >= 0.3 is 5.97 Å². The summed E-state index contributed by atoms with van der Waals surface area (Å²) in [5.74, 6) is -1.22. The number of aryl methyl sites for hydroxylation is 1. The van der Waals surface area contributed by atoms with E-state index in [0.717, 1.165) is 15.4 Å². The van der Waals surface area contributed by atoms with E-state index < -0.39 is 22.3 Å². The number of ether oxygens (including phenoxy) is 1. The molecule has 156 valence electrons. The Hall–Kier alpha value is -3.65. The van der Waals surface area contributed by atoms with Gasteiger partial charge < -0.3 is 10.1 Å². The number of non-ortho nitro benzene ring substituents is 1. The minimum absolute atomic E-state index is 0.202. The maximum absolute atomic E-state index is 13.0. The Bertz CT molecular complexity index is 1230. The summed E-state index contributed by atoms with van der Waals surface area (Å²) in [6.07, 6.45) is 0. The van der Waals surface area contributed by atoms with Crippen molar-refractivity contribution in [1.82, 2.24) is 5.32 Å². The highest BCUT2D eigenvalue weighted by Crippen LogP contribution is 2.41. The van der Waals surface area contributed by atoms with Gasteiger partial charge in [-0.3, -0.25) is 14.9 Å². The Morgan fingerprint density at radius 3 is 2.58 bits per heavy atom. The smallest absolute Gasteiger partial charge is 0.341 e. The molecule has 3 aromatic carbocycles. The fourth-order valence-corrected chi connectivity index (χ4v) is 4.67. The number of nitro benzene ring substituents is 1. The Kier molecular flexibility index (Phi) is 5.24. The van der Waals surface area contributed by atoms with Crippen LogP contribution in [0.5, 0.6) is 0 Å². The van der Waals surface area contributed by atoms with Crippen LogP contribution in [-0.2, 0) is 15.1 Å². The zero-order valence-corrected chi connectivity index (χ0v) is 17.6. The Labute approximate surface area is 182 Å². The summed E-state index contributed by atoms with van der Waals surface area (Å²) in [4.78, 5) is 38.4. The average Bonchev–Trinajstić information content (AvgIpc) is 3.08. The standard InChI is InChI=1S/C23H18N2O5S/c1-14-6-3-4-9-20(14)31-17-8-5-7-15(12-17)23(22(27)30-2)19-13-16(25(28)29)10-11-18(19)21(26)24-23/h3-13H,1-2H3,(H,24,26). The molecule has 1 N–H and O–H groups in total. The van der Waals surface area contributed by atoms with Crippen LogP contribution < -0.4 is 5.32 Å². The molecule has 1 atom stereocenters. The van der Waals surface area contributed by atoms with Crippen molar-refractivity contribution < 1.29 is 19.2 Å². The zero-order chi connectivity index (χ0) is 22.2. The van der Waals surface area contributed by atoms with Crippen molar-refractivity contribution in [3.8, 4) is 0 Å². The van der Waals surface area contributed by atoms with Crippen LogP contribution >= 0.6 is 11.8 Å². The highest BCUT2D eigenvalue weighted by molar-refractivity contribution is 7.99. The second-order valence-electron chi connectivity index (χ2n) is 7.08. The van der Waals surface area contributed by atoms with Crippen LogP contribution in [0.1, 0.15) is 27.0 Å². The van der Waals surface area contributed by atoms with E-state index in [-0.39, 0.29) is 16.8 Å². The van der Waals surface area contributed by atoms with Crippen molar-refractivity contribution in [2.45, 2.75) is 22.3 Å². The topological polar surface area (TPSA) is 98.5 Å². The second-order valence-corrected chi connectivity index (χ2v) is 8.19. The van der Waals surface area contributed by atoms with Crippen molar-refractivity contribution in [2.75, 3.05) is 7.11 Å². The fraction of sp³-hybridized carbons (Fsp3) is 0.130. The third-order valence-electron chi connectivity index (χ3n) is 5.24. The van der Waals surface area contributed by atoms with E-state index in [1.54, 1.807) is 18.2 Å². The van der Waals surface area contributed by atoms with Crippen molar-refractivity contribution in [2.24, 2.45) is 0 Å². The van der Waals surface area contributed by atoms with Crippen LogP contribution in [0.3, 0.4) is 0 Å². The van der Waals surface area contributed by atoms with Gasteiger partial charge in [0.1, 0.15) is 0 Å². The minimum atomic E-state index is -1.67. The normalized spacial score (nSPS) is 17.0. The van der Waals surface area contributed by atoms with Crippen molar-refractivity contribution in [3.63, 3.8) is 0 Å². The Morgan fingerprint density at radius 1 is 1.10 bits per heavy atom. The summed E-state index contributed by atoms with van der Waals surface area (Å²) < 4.78 is 5.04. The first-order chi connectivity index (χ1) is 14.9. The van der Waals surface area contributed by atoms with E-state index in [0.29, 0.717) is 5.56 Å². The molecule has 1 unspecified atom stereocenters. The van der Waals surface area contributed by atoms with E-state index >= 15 is 0 Å². The van der Waals surface area contributed by atoms with E-state index in [2.05, 4.69) is 5.32 Å². The van der Waals surface area contributed by atoms with Gasteiger partial charge in [-0.15, -0.1) is 0 Å². The number of methoxy groups -OCH3 is 1. The first-order valence-electron chi connectivity index (χ1n) is 9.40. The maximum atomic E-state index is 13.0. The number of benzene rings is 3. The molecule has 7 nitrogen and oxygen atoms in total. The molecule has 0 saturated carbocycles. The molecule has 0 spiro atoms. The van der Waals surface area contributed by atoms with Crippen LogP contribution in [0.25, 0.3) is 0 Å². The number of hydrogen-bond donors (Lipinski definition) is 1. The van der Waals surface area contributed by atoms with E-state index in [1.807, 2.05) is 37.3 Å². The molecule has 31 heavy (non-hydrogen) atoms. The molecule has 1 amide bonds. The molecule has 4 rings (SSSR count). The predicted molar refractivity (Wildman–Crippen MR) is 115 cm³/mol. The number of fused-ring (bicyclic) bond motifs is 1. The summed E-state index contributed by atoms with van der Waals surface area (Å²) in [6, 6.07) is 18.9. The monoisotopic (exact) mass is 434 g/mol. The van der Waals surface area contributed by atoms with E-state index in [4.69, 9.17) is 4.74 Å². The lowest BCUT2D eigenvalue weighted by Crippen LogP contribution is -2.48. The lowest BCUT2D eigenvalue weighted by atomic mass is 9.83. The van der Waals surface area contributed by atoms with Gasteiger partial charge in [0.2, 0.25) is 0 Å². The lowest BCUT2D eigenvalue weighted by Gasteiger charge is -2.28. The van der Waals surface area contributed by atoms with Gasteiger partial charge in [-0.25, -0.2) is 4.79 Å². The molecule has 8 heteroatoms. The highest BCUT2D eigenvalue weighted by Gasteiger charge is 2.52. The highest BCUT2D eigenvalue weighted by atomic mass is 32.2. The van der Waals surface area contributed by atoms with Crippen LogP contribution in [0.15, 0.2) is 76.5 Å². The summed E-state index contributed by atoms with van der Waals surface area (Å²) >= 11 is 1.52. The molecule has 1 heterocycles. The molecule has 1 aliphatic heterocycles. The lowest BCUT2D eigenvalue weighted by molar-refractivity contribution is -0.384. The molecule has 0 aromatic heterocycles. The molecule has 0 bridgehead atoms. The van der Waals surface area contributed by atoms with E-state index in [9.17, 15) is 19.7 Å².